The molecule has 2 rings (SSSR count). The Bertz CT molecular complexity index is 677. The number of carbonyl (C=O) groups excluding carboxylic acids is 2. The van der Waals surface area contributed by atoms with E-state index in [1.54, 1.807) is 7.11 Å². The Morgan fingerprint density at radius 2 is 1.75 bits per heavy atom. The quantitative estimate of drug-likeness (QED) is 0.673. The van der Waals surface area contributed by atoms with Crippen molar-refractivity contribution < 1.29 is 19.1 Å². The molecule has 0 atom stereocenters. The number of rotatable bonds is 6. The highest BCUT2D eigenvalue weighted by Gasteiger charge is 2.25. The van der Waals surface area contributed by atoms with Crippen molar-refractivity contribution in [3.63, 3.8) is 0 Å². The van der Waals surface area contributed by atoms with Gasteiger partial charge in [0.15, 0.2) is 0 Å². The fourth-order valence-corrected chi connectivity index (χ4v) is 3.22. The molecule has 0 spiro atoms. The molecule has 7 nitrogen and oxygen atoms in total. The zero-order valence-electron chi connectivity index (χ0n) is 17.6. The number of hydrogen-bond acceptors (Lipinski definition) is 5. The molecule has 0 bridgehead atoms. The van der Waals surface area contributed by atoms with Crippen LogP contribution in [0.25, 0.3) is 0 Å². The molecule has 0 heterocycles. The lowest BCUT2D eigenvalue weighted by Crippen LogP contribution is -2.42. The van der Waals surface area contributed by atoms with Gasteiger partial charge in [0.25, 0.3) is 0 Å². The molecular formula is C21H33N3O4. The molecule has 1 aliphatic rings. The third kappa shape index (κ3) is 6.94. The predicted molar refractivity (Wildman–Crippen MR) is 111 cm³/mol. The highest BCUT2D eigenvalue weighted by atomic mass is 16.6. The fraction of sp³-hybridized carbons (Fsp3) is 0.619. The number of ether oxygens (including phenoxy) is 2. The normalized spacial score (nSPS) is 19.5. The summed E-state index contributed by atoms with van der Waals surface area (Å²) in [7, 11) is 1.63. The maximum atomic E-state index is 11.9. The van der Waals surface area contributed by atoms with Crippen LogP contribution in [0.4, 0.5) is 16.2 Å². The number of methoxy groups -OCH3 is 1. The van der Waals surface area contributed by atoms with E-state index in [0.29, 0.717) is 6.42 Å². The van der Waals surface area contributed by atoms with E-state index in [1.165, 1.54) is 0 Å². The largest absolute Gasteiger partial charge is 0.495 e. The smallest absolute Gasteiger partial charge is 0.407 e. The summed E-state index contributed by atoms with van der Waals surface area (Å²) < 4.78 is 10.8. The second-order valence-electron chi connectivity index (χ2n) is 8.16. The van der Waals surface area contributed by atoms with Gasteiger partial charge in [-0.1, -0.05) is 6.92 Å². The lowest BCUT2D eigenvalue weighted by Gasteiger charge is -2.31. The molecule has 28 heavy (non-hydrogen) atoms. The number of amides is 2. The number of carbonyl (C=O) groups is 2. The highest BCUT2D eigenvalue weighted by molar-refractivity contribution is 5.91. The van der Waals surface area contributed by atoms with E-state index in [1.807, 2.05) is 45.9 Å². The van der Waals surface area contributed by atoms with Gasteiger partial charge in [0.2, 0.25) is 5.91 Å². The van der Waals surface area contributed by atoms with Crippen molar-refractivity contribution in [2.75, 3.05) is 17.7 Å². The minimum Gasteiger partial charge on any atom is -0.495 e. The van der Waals surface area contributed by atoms with E-state index in [2.05, 4.69) is 16.0 Å². The third-order valence-electron chi connectivity index (χ3n) is 4.61. The molecule has 7 heteroatoms. The van der Waals surface area contributed by atoms with Gasteiger partial charge in [-0.2, -0.15) is 0 Å². The van der Waals surface area contributed by atoms with Crippen molar-refractivity contribution in [1.82, 2.24) is 5.32 Å². The first-order chi connectivity index (χ1) is 13.2. The molecule has 0 unspecified atom stereocenters. The van der Waals surface area contributed by atoms with E-state index in [4.69, 9.17) is 9.47 Å². The van der Waals surface area contributed by atoms with Crippen LogP contribution in [0.2, 0.25) is 0 Å². The lowest BCUT2D eigenvalue weighted by molar-refractivity contribution is -0.115. The van der Waals surface area contributed by atoms with Crippen LogP contribution in [0.15, 0.2) is 18.2 Å². The van der Waals surface area contributed by atoms with Gasteiger partial charge in [-0.15, -0.1) is 0 Å². The summed E-state index contributed by atoms with van der Waals surface area (Å²) >= 11 is 0. The first-order valence-electron chi connectivity index (χ1n) is 9.94. The second kappa shape index (κ2) is 9.66. The lowest BCUT2D eigenvalue weighted by atomic mass is 9.91. The Morgan fingerprint density at radius 3 is 2.32 bits per heavy atom. The van der Waals surface area contributed by atoms with Crippen LogP contribution in [0, 0.1) is 0 Å². The van der Waals surface area contributed by atoms with Gasteiger partial charge in [-0.05, 0) is 64.7 Å². The van der Waals surface area contributed by atoms with Crippen LogP contribution >= 0.6 is 0 Å². The maximum Gasteiger partial charge on any atom is 0.407 e. The molecule has 0 aromatic heterocycles. The van der Waals surface area contributed by atoms with Crippen LogP contribution in [0.3, 0.4) is 0 Å². The Labute approximate surface area is 167 Å². The van der Waals surface area contributed by atoms with E-state index < -0.39 is 5.60 Å². The summed E-state index contributed by atoms with van der Waals surface area (Å²) in [5, 5.41) is 9.35. The van der Waals surface area contributed by atoms with Crippen molar-refractivity contribution in [3.05, 3.63) is 18.2 Å². The maximum absolute atomic E-state index is 11.9. The number of nitrogens with one attached hydrogen (secondary N) is 3. The van der Waals surface area contributed by atoms with Gasteiger partial charge < -0.3 is 25.4 Å². The van der Waals surface area contributed by atoms with Gasteiger partial charge in [0.05, 0.1) is 12.8 Å². The summed E-state index contributed by atoms with van der Waals surface area (Å²) in [6.07, 6.45) is 3.69. The summed E-state index contributed by atoms with van der Waals surface area (Å²) in [6, 6.07) is 5.99. The molecular weight excluding hydrogens is 358 g/mol. The minimum atomic E-state index is -0.488. The second-order valence-corrected chi connectivity index (χ2v) is 8.16. The molecule has 1 saturated carbocycles. The average molecular weight is 392 g/mol. The van der Waals surface area contributed by atoms with Crippen LogP contribution in [0.5, 0.6) is 5.75 Å². The molecule has 156 valence electrons. The molecule has 1 aromatic carbocycles. The van der Waals surface area contributed by atoms with Gasteiger partial charge >= 0.3 is 6.09 Å². The van der Waals surface area contributed by atoms with Crippen LogP contribution in [-0.2, 0) is 9.53 Å². The van der Waals surface area contributed by atoms with Crippen LogP contribution in [0.1, 0.15) is 59.8 Å². The summed E-state index contributed by atoms with van der Waals surface area (Å²) in [4.78, 5) is 23.6. The minimum absolute atomic E-state index is 0.0233. The summed E-state index contributed by atoms with van der Waals surface area (Å²) in [6.45, 7) is 7.40. The SMILES string of the molecule is CCC(=O)Nc1ccc(OC)c(NC2CCC(NC(=O)OC(C)(C)C)CC2)c1. The number of hydrogen-bond donors (Lipinski definition) is 3. The first kappa shape index (κ1) is 21.9. The first-order valence-corrected chi connectivity index (χ1v) is 9.94. The zero-order valence-corrected chi connectivity index (χ0v) is 17.6. The zero-order chi connectivity index (χ0) is 20.7. The number of anilines is 2. The topological polar surface area (TPSA) is 88.7 Å². The van der Waals surface area contributed by atoms with E-state index in [9.17, 15) is 9.59 Å². The third-order valence-corrected chi connectivity index (χ3v) is 4.61. The number of benzene rings is 1. The molecule has 0 saturated heterocycles. The fourth-order valence-electron chi connectivity index (χ4n) is 3.22. The van der Waals surface area contributed by atoms with E-state index in [0.717, 1.165) is 42.8 Å². The Balaban J connectivity index is 1.90. The Hall–Kier alpha value is -2.44. The molecule has 1 aliphatic carbocycles. The van der Waals surface area contributed by atoms with Gasteiger partial charge in [-0.3, -0.25) is 4.79 Å². The molecule has 1 aromatic rings. The summed E-state index contributed by atoms with van der Waals surface area (Å²) in [5.74, 6) is 0.716. The summed E-state index contributed by atoms with van der Waals surface area (Å²) in [5.41, 5.74) is 1.12. The van der Waals surface area contributed by atoms with E-state index >= 15 is 0 Å². The predicted octanol–water partition coefficient (Wildman–Crippen LogP) is 4.29. The van der Waals surface area contributed by atoms with E-state index in [-0.39, 0.29) is 24.1 Å². The molecule has 2 amide bonds. The van der Waals surface area contributed by atoms with Crippen LogP contribution < -0.4 is 20.7 Å². The monoisotopic (exact) mass is 391 g/mol. The number of alkyl carbamates (subject to hydrolysis) is 1. The van der Waals surface area contributed by atoms with Crippen molar-refractivity contribution >= 4 is 23.4 Å². The Kier molecular flexibility index (Phi) is 7.54. The highest BCUT2D eigenvalue weighted by Crippen LogP contribution is 2.31. The van der Waals surface area contributed by atoms with Gasteiger partial charge in [0.1, 0.15) is 11.4 Å². The Morgan fingerprint density at radius 1 is 1.11 bits per heavy atom. The van der Waals surface area contributed by atoms with Crippen molar-refractivity contribution in [3.8, 4) is 5.75 Å². The molecule has 3 N–H and O–H groups in total. The van der Waals surface area contributed by atoms with Crippen molar-refractivity contribution in [1.29, 1.82) is 0 Å². The van der Waals surface area contributed by atoms with Crippen molar-refractivity contribution in [2.45, 2.75) is 77.5 Å². The van der Waals surface area contributed by atoms with Crippen LogP contribution in [-0.4, -0.2) is 36.8 Å². The average Bonchev–Trinajstić information content (AvgIpc) is 2.62. The van der Waals surface area contributed by atoms with Crippen molar-refractivity contribution in [2.24, 2.45) is 0 Å². The standard InChI is InChI=1S/C21H33N3O4/c1-6-19(25)23-16-11-12-18(27-5)17(13-16)22-14-7-9-15(10-8-14)24-20(26)28-21(2,3)4/h11-15,22H,6-10H2,1-5H3,(H,23,25)(H,24,26). The molecule has 1 fully saturated rings. The van der Waals surface area contributed by atoms with Gasteiger partial charge in [0, 0.05) is 24.2 Å². The van der Waals surface area contributed by atoms with Gasteiger partial charge in [-0.25, -0.2) is 4.79 Å². The molecule has 0 radical (unpaired) electrons. The molecule has 0 aliphatic heterocycles.